The van der Waals surface area contributed by atoms with Gasteiger partial charge < -0.3 is 5.32 Å². The molecule has 1 aliphatic heterocycles. The minimum absolute atomic E-state index is 0.214. The monoisotopic (exact) mass is 204 g/mol. The van der Waals surface area contributed by atoms with Crippen LogP contribution in [-0.2, 0) is 0 Å². The molecule has 0 unspecified atom stereocenters. The second kappa shape index (κ2) is 4.13. The van der Waals surface area contributed by atoms with E-state index < -0.39 is 6.04 Å². The molecule has 0 amide bonds. The largest absolute Gasteiger partial charge is 0.378 e. The van der Waals surface area contributed by atoms with E-state index in [0.29, 0.717) is 6.42 Å². The van der Waals surface area contributed by atoms with Crippen molar-refractivity contribution in [1.82, 2.24) is 5.32 Å². The zero-order valence-electron chi connectivity index (χ0n) is 8.17. The maximum Gasteiger partial charge on any atom is 0.240 e. The summed E-state index contributed by atoms with van der Waals surface area (Å²) < 4.78 is 0. The summed E-state index contributed by atoms with van der Waals surface area (Å²) in [7, 11) is 0. The van der Waals surface area contributed by atoms with E-state index in [1.807, 2.05) is 30.3 Å². The highest BCUT2D eigenvalue weighted by Gasteiger charge is 2.32. The average Bonchev–Trinajstić information content (AvgIpc) is 2.30. The molecule has 2 atom stereocenters. The van der Waals surface area contributed by atoms with Crippen LogP contribution in [0, 0.1) is 10.1 Å². The number of benzene rings is 1. The molecule has 0 fully saturated rings. The van der Waals surface area contributed by atoms with Gasteiger partial charge in [-0.2, -0.15) is 0 Å². The first-order valence-corrected chi connectivity index (χ1v) is 4.88. The molecule has 0 radical (unpaired) electrons. The molecule has 2 rings (SSSR count). The van der Waals surface area contributed by atoms with Crippen molar-refractivity contribution in [2.75, 3.05) is 0 Å². The van der Waals surface area contributed by atoms with Crippen molar-refractivity contribution in [3.8, 4) is 0 Å². The second-order valence-electron chi connectivity index (χ2n) is 3.55. The first kappa shape index (κ1) is 9.71. The zero-order chi connectivity index (χ0) is 10.7. The lowest BCUT2D eigenvalue weighted by molar-refractivity contribution is -0.527. The first-order chi connectivity index (χ1) is 7.29. The summed E-state index contributed by atoms with van der Waals surface area (Å²) in [5, 5.41) is 13.9. The summed E-state index contributed by atoms with van der Waals surface area (Å²) in [5.41, 5.74) is 0.962. The standard InChI is InChI=1S/C11H12N2O2/c14-13(15)10-7-4-8-12-11(10)9-5-2-1-3-6-9/h1-6,8,10-12H,7H2/t10-,11-/m0/s1. The van der Waals surface area contributed by atoms with E-state index >= 15 is 0 Å². The Kier molecular flexibility index (Phi) is 2.67. The molecule has 4 heteroatoms. The minimum atomic E-state index is -0.572. The normalized spacial score (nSPS) is 24.5. The van der Waals surface area contributed by atoms with E-state index in [1.165, 1.54) is 0 Å². The van der Waals surface area contributed by atoms with Crippen LogP contribution in [0.15, 0.2) is 42.6 Å². The van der Waals surface area contributed by atoms with Crippen LogP contribution in [0.25, 0.3) is 0 Å². The van der Waals surface area contributed by atoms with Gasteiger partial charge in [-0.25, -0.2) is 0 Å². The molecular weight excluding hydrogens is 192 g/mol. The number of nitro groups is 1. The van der Waals surface area contributed by atoms with Gasteiger partial charge in [-0.05, 0) is 11.8 Å². The van der Waals surface area contributed by atoms with Crippen molar-refractivity contribution in [2.24, 2.45) is 0 Å². The third-order valence-electron chi connectivity index (χ3n) is 2.59. The molecule has 1 heterocycles. The Labute approximate surface area is 87.8 Å². The van der Waals surface area contributed by atoms with Gasteiger partial charge >= 0.3 is 0 Å². The molecule has 1 aromatic carbocycles. The Bertz CT molecular complexity index is 375. The maximum absolute atomic E-state index is 10.9. The van der Waals surface area contributed by atoms with Gasteiger partial charge in [-0.1, -0.05) is 36.4 Å². The smallest absolute Gasteiger partial charge is 0.240 e. The Hall–Kier alpha value is -1.84. The highest BCUT2D eigenvalue weighted by atomic mass is 16.6. The molecule has 0 bridgehead atoms. The summed E-state index contributed by atoms with van der Waals surface area (Å²) >= 11 is 0. The van der Waals surface area contributed by atoms with Crippen LogP contribution in [0.1, 0.15) is 18.0 Å². The molecule has 1 N–H and O–H groups in total. The van der Waals surface area contributed by atoms with Crippen molar-refractivity contribution in [1.29, 1.82) is 0 Å². The highest BCUT2D eigenvalue weighted by Crippen LogP contribution is 2.23. The number of nitrogens with one attached hydrogen (secondary N) is 1. The van der Waals surface area contributed by atoms with E-state index in [4.69, 9.17) is 0 Å². The average molecular weight is 204 g/mol. The van der Waals surface area contributed by atoms with E-state index in [1.54, 1.807) is 12.3 Å². The van der Waals surface area contributed by atoms with Crippen molar-refractivity contribution >= 4 is 0 Å². The van der Waals surface area contributed by atoms with Crippen molar-refractivity contribution in [2.45, 2.75) is 18.5 Å². The van der Waals surface area contributed by atoms with Crippen LogP contribution < -0.4 is 5.32 Å². The van der Waals surface area contributed by atoms with Crippen LogP contribution in [-0.4, -0.2) is 11.0 Å². The summed E-state index contributed by atoms with van der Waals surface area (Å²) in [6.07, 6.45) is 4.07. The number of hydrogen-bond donors (Lipinski definition) is 1. The van der Waals surface area contributed by atoms with Crippen LogP contribution >= 0.6 is 0 Å². The Morgan fingerprint density at radius 3 is 2.73 bits per heavy atom. The van der Waals surface area contributed by atoms with Gasteiger partial charge in [-0.15, -0.1) is 0 Å². The maximum atomic E-state index is 10.9. The van der Waals surface area contributed by atoms with Crippen LogP contribution in [0.3, 0.4) is 0 Å². The van der Waals surface area contributed by atoms with Crippen molar-refractivity contribution < 1.29 is 4.92 Å². The fraction of sp³-hybridized carbons (Fsp3) is 0.273. The molecule has 0 saturated carbocycles. The Balaban J connectivity index is 2.27. The summed E-state index contributed by atoms with van der Waals surface area (Å²) in [5.74, 6) is 0. The minimum Gasteiger partial charge on any atom is -0.378 e. The number of rotatable bonds is 2. The van der Waals surface area contributed by atoms with Gasteiger partial charge in [0.15, 0.2) is 0 Å². The fourth-order valence-electron chi connectivity index (χ4n) is 1.81. The van der Waals surface area contributed by atoms with Gasteiger partial charge in [0, 0.05) is 11.3 Å². The Morgan fingerprint density at radius 1 is 1.33 bits per heavy atom. The number of hydrogen-bond acceptors (Lipinski definition) is 3. The molecule has 4 nitrogen and oxygen atoms in total. The lowest BCUT2D eigenvalue weighted by atomic mass is 9.95. The predicted molar refractivity (Wildman–Crippen MR) is 56.9 cm³/mol. The van der Waals surface area contributed by atoms with Crippen LogP contribution in [0.2, 0.25) is 0 Å². The highest BCUT2D eigenvalue weighted by molar-refractivity contribution is 5.22. The molecule has 1 aliphatic rings. The van der Waals surface area contributed by atoms with Crippen LogP contribution in [0.5, 0.6) is 0 Å². The van der Waals surface area contributed by atoms with Gasteiger partial charge in [0.05, 0.1) is 0 Å². The summed E-state index contributed by atoms with van der Waals surface area (Å²) in [6, 6.07) is 8.73. The lowest BCUT2D eigenvalue weighted by Crippen LogP contribution is -2.37. The molecule has 1 aromatic rings. The second-order valence-corrected chi connectivity index (χ2v) is 3.55. The van der Waals surface area contributed by atoms with Crippen LogP contribution in [0.4, 0.5) is 0 Å². The molecular formula is C11H12N2O2. The molecule has 78 valence electrons. The van der Waals surface area contributed by atoms with Gasteiger partial charge in [0.2, 0.25) is 6.04 Å². The molecule has 0 spiro atoms. The quantitative estimate of drug-likeness (QED) is 0.591. The van der Waals surface area contributed by atoms with E-state index in [2.05, 4.69) is 5.32 Å². The van der Waals surface area contributed by atoms with Crippen molar-refractivity contribution in [3.63, 3.8) is 0 Å². The molecule has 0 aromatic heterocycles. The SMILES string of the molecule is O=[N+]([O-])[C@H]1CC=CN[C@H]1c1ccccc1. The molecule has 0 saturated heterocycles. The van der Waals surface area contributed by atoms with E-state index in [-0.39, 0.29) is 11.0 Å². The topological polar surface area (TPSA) is 55.2 Å². The van der Waals surface area contributed by atoms with E-state index in [0.717, 1.165) is 5.56 Å². The van der Waals surface area contributed by atoms with Gasteiger partial charge in [-0.3, -0.25) is 10.1 Å². The van der Waals surface area contributed by atoms with E-state index in [9.17, 15) is 10.1 Å². The molecule has 15 heavy (non-hydrogen) atoms. The summed E-state index contributed by atoms with van der Waals surface area (Å²) in [6.45, 7) is 0. The predicted octanol–water partition coefficient (Wildman–Crippen LogP) is 1.88. The first-order valence-electron chi connectivity index (χ1n) is 4.88. The fourth-order valence-corrected chi connectivity index (χ4v) is 1.81. The third-order valence-corrected chi connectivity index (χ3v) is 2.59. The van der Waals surface area contributed by atoms with Gasteiger partial charge in [0.25, 0.3) is 0 Å². The zero-order valence-corrected chi connectivity index (χ0v) is 8.17. The van der Waals surface area contributed by atoms with Crippen molar-refractivity contribution in [3.05, 3.63) is 58.3 Å². The lowest BCUT2D eigenvalue weighted by Gasteiger charge is -2.23. The molecule has 0 aliphatic carbocycles. The Morgan fingerprint density at radius 2 is 2.07 bits per heavy atom. The van der Waals surface area contributed by atoms with Gasteiger partial charge in [0.1, 0.15) is 6.04 Å². The summed E-state index contributed by atoms with van der Waals surface area (Å²) in [4.78, 5) is 10.7. The third kappa shape index (κ3) is 1.98. The number of nitrogens with zero attached hydrogens (tertiary/aromatic N) is 1.